The van der Waals surface area contributed by atoms with Crippen molar-refractivity contribution in [2.75, 3.05) is 32.0 Å². The van der Waals surface area contributed by atoms with Crippen LogP contribution in [0.25, 0.3) is 0 Å². The summed E-state index contributed by atoms with van der Waals surface area (Å²) in [6, 6.07) is 6.37. The van der Waals surface area contributed by atoms with Crippen molar-refractivity contribution in [3.05, 3.63) is 40.3 Å². The molecule has 1 N–H and O–H groups in total. The second-order valence-electron chi connectivity index (χ2n) is 6.42. The van der Waals surface area contributed by atoms with Crippen LogP contribution in [0.4, 0.5) is 5.69 Å². The Morgan fingerprint density at radius 3 is 2.54 bits per heavy atom. The molecule has 0 atom stereocenters. The third-order valence-electron chi connectivity index (χ3n) is 4.21. The quantitative estimate of drug-likeness (QED) is 0.634. The van der Waals surface area contributed by atoms with Gasteiger partial charge in [0.05, 0.1) is 22.1 Å². The molecule has 0 saturated heterocycles. The molecule has 0 aliphatic heterocycles. The number of carbonyl (C=O) groups excluding carboxylic acids is 1. The highest BCUT2D eigenvalue weighted by atomic mass is 32.2. The maximum atomic E-state index is 12.6. The van der Waals surface area contributed by atoms with E-state index < -0.39 is 10.0 Å². The van der Waals surface area contributed by atoms with E-state index in [9.17, 15) is 13.2 Å². The van der Waals surface area contributed by atoms with Crippen molar-refractivity contribution in [1.29, 1.82) is 0 Å². The highest BCUT2D eigenvalue weighted by molar-refractivity contribution is 7.89. The molecule has 1 aromatic heterocycles. The van der Waals surface area contributed by atoms with Gasteiger partial charge >= 0.3 is 0 Å². The van der Waals surface area contributed by atoms with Gasteiger partial charge < -0.3 is 5.32 Å². The second kappa shape index (κ2) is 10.1. The van der Waals surface area contributed by atoms with Crippen LogP contribution in [0.5, 0.6) is 0 Å². The van der Waals surface area contributed by atoms with E-state index in [2.05, 4.69) is 17.2 Å². The number of amides is 1. The highest BCUT2D eigenvalue weighted by Crippen LogP contribution is 2.19. The van der Waals surface area contributed by atoms with Gasteiger partial charge in [-0.25, -0.2) is 13.4 Å². The predicted molar refractivity (Wildman–Crippen MR) is 113 cm³/mol. The zero-order valence-electron chi connectivity index (χ0n) is 16.8. The summed E-state index contributed by atoms with van der Waals surface area (Å²) in [6.45, 7) is 7.23. The molecule has 0 radical (unpaired) electrons. The molecule has 9 heteroatoms. The van der Waals surface area contributed by atoms with Crippen LogP contribution in [0, 0.1) is 0 Å². The Morgan fingerprint density at radius 2 is 1.93 bits per heavy atom. The molecule has 0 aliphatic carbocycles. The lowest BCUT2D eigenvalue weighted by molar-refractivity contribution is -0.117. The van der Waals surface area contributed by atoms with Crippen molar-refractivity contribution in [2.45, 2.75) is 38.6 Å². The van der Waals surface area contributed by atoms with Gasteiger partial charge in [-0.2, -0.15) is 4.31 Å². The smallest absolute Gasteiger partial charge is 0.243 e. The van der Waals surface area contributed by atoms with Crippen molar-refractivity contribution in [1.82, 2.24) is 14.2 Å². The molecule has 2 rings (SSSR count). The summed E-state index contributed by atoms with van der Waals surface area (Å²) in [4.78, 5) is 18.9. The molecule has 0 unspecified atom stereocenters. The minimum absolute atomic E-state index is 0.178. The zero-order chi connectivity index (χ0) is 20.7. The van der Waals surface area contributed by atoms with E-state index in [1.807, 2.05) is 17.3 Å². The molecule has 154 valence electrons. The minimum atomic E-state index is -3.56. The summed E-state index contributed by atoms with van der Waals surface area (Å²) in [6.07, 6.45) is 0.904. The van der Waals surface area contributed by atoms with Gasteiger partial charge in [0.1, 0.15) is 0 Å². The number of aryl methyl sites for hydroxylation is 1. The van der Waals surface area contributed by atoms with E-state index in [1.54, 1.807) is 43.4 Å². The third-order valence-corrected chi connectivity index (χ3v) is 7.30. The Bertz CT molecular complexity index is 892. The summed E-state index contributed by atoms with van der Waals surface area (Å²) in [7, 11) is -1.71. The molecular weight excluding hydrogens is 396 g/mol. The summed E-state index contributed by atoms with van der Waals surface area (Å²) >= 11 is 1.62. The SMILES string of the molecule is CCc1nc(CN(C)CC(=O)Nc2cccc(S(=O)(=O)N(CC)CC)c2)cs1. The molecule has 28 heavy (non-hydrogen) atoms. The molecule has 2 aromatic rings. The summed E-state index contributed by atoms with van der Waals surface area (Å²) in [5.41, 5.74) is 1.41. The number of thiazole rings is 1. The van der Waals surface area contributed by atoms with Crippen LogP contribution in [-0.4, -0.2) is 55.2 Å². The number of rotatable bonds is 10. The fourth-order valence-corrected chi connectivity index (χ4v) is 5.05. The fourth-order valence-electron chi connectivity index (χ4n) is 2.81. The first-order chi connectivity index (χ1) is 13.3. The Morgan fingerprint density at radius 1 is 1.21 bits per heavy atom. The van der Waals surface area contributed by atoms with Crippen molar-refractivity contribution < 1.29 is 13.2 Å². The summed E-state index contributed by atoms with van der Waals surface area (Å²) in [5.74, 6) is -0.203. The van der Waals surface area contributed by atoms with E-state index in [-0.39, 0.29) is 17.3 Å². The molecular formula is C19H28N4O3S2. The molecule has 0 fully saturated rings. The van der Waals surface area contributed by atoms with Gasteiger partial charge in [-0.05, 0) is 31.7 Å². The second-order valence-corrected chi connectivity index (χ2v) is 9.30. The van der Waals surface area contributed by atoms with Crippen molar-refractivity contribution in [2.24, 2.45) is 0 Å². The largest absolute Gasteiger partial charge is 0.325 e. The van der Waals surface area contributed by atoms with Crippen LogP contribution in [0.3, 0.4) is 0 Å². The van der Waals surface area contributed by atoms with Gasteiger partial charge in [-0.3, -0.25) is 9.69 Å². The number of sulfonamides is 1. The zero-order valence-corrected chi connectivity index (χ0v) is 18.4. The number of benzene rings is 1. The van der Waals surface area contributed by atoms with Crippen LogP contribution in [-0.2, 0) is 27.8 Å². The molecule has 1 aromatic carbocycles. The number of likely N-dealkylation sites (N-methyl/N-ethyl adjacent to an activating group) is 1. The average molecular weight is 425 g/mol. The Hall–Kier alpha value is -1.81. The number of anilines is 1. The lowest BCUT2D eigenvalue weighted by Crippen LogP contribution is -2.31. The monoisotopic (exact) mass is 424 g/mol. The van der Waals surface area contributed by atoms with Gasteiger partial charge in [0.15, 0.2) is 0 Å². The third kappa shape index (κ3) is 5.84. The molecule has 7 nitrogen and oxygen atoms in total. The Balaban J connectivity index is 2.00. The predicted octanol–water partition coefficient (Wildman–Crippen LogP) is 2.81. The minimum Gasteiger partial charge on any atom is -0.325 e. The van der Waals surface area contributed by atoms with Crippen LogP contribution in [0.15, 0.2) is 34.5 Å². The number of nitrogens with zero attached hydrogens (tertiary/aromatic N) is 3. The van der Waals surface area contributed by atoms with Crippen LogP contribution in [0.1, 0.15) is 31.5 Å². The molecule has 0 saturated carbocycles. The van der Waals surface area contributed by atoms with E-state index in [1.165, 1.54) is 10.4 Å². The van der Waals surface area contributed by atoms with Crippen LogP contribution < -0.4 is 5.32 Å². The van der Waals surface area contributed by atoms with Gasteiger partial charge in [-0.1, -0.05) is 26.8 Å². The van der Waals surface area contributed by atoms with E-state index in [0.717, 1.165) is 17.1 Å². The normalized spacial score (nSPS) is 11.9. The highest BCUT2D eigenvalue weighted by Gasteiger charge is 2.22. The lowest BCUT2D eigenvalue weighted by Gasteiger charge is -2.19. The number of aromatic nitrogens is 1. The molecule has 0 spiro atoms. The first-order valence-corrected chi connectivity index (χ1v) is 11.6. The summed E-state index contributed by atoms with van der Waals surface area (Å²) in [5, 5.41) is 5.87. The maximum absolute atomic E-state index is 12.6. The van der Waals surface area contributed by atoms with Crippen molar-refractivity contribution in [3.8, 4) is 0 Å². The van der Waals surface area contributed by atoms with E-state index in [0.29, 0.717) is 25.3 Å². The molecule has 0 bridgehead atoms. The van der Waals surface area contributed by atoms with Crippen molar-refractivity contribution >= 4 is 33.0 Å². The first-order valence-electron chi connectivity index (χ1n) is 9.32. The Labute approximate surface area is 171 Å². The average Bonchev–Trinajstić information content (AvgIpc) is 3.10. The van der Waals surface area contributed by atoms with E-state index >= 15 is 0 Å². The fraction of sp³-hybridized carbons (Fsp3) is 0.474. The van der Waals surface area contributed by atoms with E-state index in [4.69, 9.17) is 0 Å². The number of hydrogen-bond acceptors (Lipinski definition) is 6. The van der Waals surface area contributed by atoms with Gasteiger partial charge in [0, 0.05) is 30.7 Å². The standard InChI is InChI=1S/C19H28N4O3S2/c1-5-19-21-16(14-27-19)12-22(4)13-18(24)20-15-9-8-10-17(11-15)28(25,26)23(6-2)7-3/h8-11,14H,5-7,12-13H2,1-4H3,(H,20,24). The first kappa shape index (κ1) is 22.5. The Kier molecular flexibility index (Phi) is 8.11. The maximum Gasteiger partial charge on any atom is 0.243 e. The molecule has 0 aliphatic rings. The van der Waals surface area contributed by atoms with Crippen molar-refractivity contribution in [3.63, 3.8) is 0 Å². The lowest BCUT2D eigenvalue weighted by atomic mass is 10.3. The summed E-state index contributed by atoms with van der Waals surface area (Å²) < 4.78 is 26.7. The van der Waals surface area contributed by atoms with Gasteiger partial charge in [0.25, 0.3) is 0 Å². The molecule has 1 amide bonds. The van der Waals surface area contributed by atoms with Crippen LogP contribution in [0.2, 0.25) is 0 Å². The number of carbonyl (C=O) groups is 1. The van der Waals surface area contributed by atoms with Crippen LogP contribution >= 0.6 is 11.3 Å². The molecule has 1 heterocycles. The number of nitrogens with one attached hydrogen (secondary N) is 1. The van der Waals surface area contributed by atoms with Gasteiger partial charge in [-0.15, -0.1) is 11.3 Å². The topological polar surface area (TPSA) is 82.6 Å². The number of hydrogen-bond donors (Lipinski definition) is 1. The van der Waals surface area contributed by atoms with Gasteiger partial charge in [0.2, 0.25) is 15.9 Å².